The van der Waals surface area contributed by atoms with E-state index in [0.717, 1.165) is 43.7 Å². The molecule has 4 heterocycles. The maximum Gasteiger partial charge on any atom is 0.255 e. The molecule has 0 saturated carbocycles. The number of halogens is 2. The third kappa shape index (κ3) is 5.10. The summed E-state index contributed by atoms with van der Waals surface area (Å²) in [6.07, 6.45) is 3.22. The van der Waals surface area contributed by atoms with Gasteiger partial charge in [0.2, 0.25) is 0 Å². The minimum Gasteiger partial charge on any atom is -0.390 e. The zero-order chi connectivity index (χ0) is 19.0. The number of aryl methyl sites for hydroxylation is 1. The number of carbonyl (C=O) groups excluding carboxylic acids is 1. The topological polar surface area (TPSA) is 82.7 Å². The van der Waals surface area contributed by atoms with Crippen LogP contribution in [0.3, 0.4) is 0 Å². The molecular formula is C20H28Cl2N4O2S. The van der Waals surface area contributed by atoms with Gasteiger partial charge in [0.15, 0.2) is 0 Å². The SMILES string of the molecule is CCc1ccc(CN2CCc3c(C(=O)N4C[C@@H](N)[C@H](O)C4)csc3C2)nc1.Cl.Cl. The summed E-state index contributed by atoms with van der Waals surface area (Å²) < 4.78 is 0. The van der Waals surface area contributed by atoms with Gasteiger partial charge in [0, 0.05) is 55.2 Å². The number of likely N-dealkylation sites (tertiary alicyclic amines) is 1. The van der Waals surface area contributed by atoms with Gasteiger partial charge in [-0.3, -0.25) is 14.7 Å². The number of carbonyl (C=O) groups is 1. The Kier molecular flexibility index (Phi) is 8.46. The number of nitrogens with zero attached hydrogens (tertiary/aromatic N) is 3. The van der Waals surface area contributed by atoms with Crippen LogP contribution in [0.5, 0.6) is 0 Å². The molecule has 3 N–H and O–H groups in total. The summed E-state index contributed by atoms with van der Waals surface area (Å²) in [6, 6.07) is 3.92. The van der Waals surface area contributed by atoms with Crippen molar-refractivity contribution in [1.29, 1.82) is 0 Å². The van der Waals surface area contributed by atoms with E-state index in [1.165, 1.54) is 16.0 Å². The van der Waals surface area contributed by atoms with E-state index in [1.807, 2.05) is 11.6 Å². The molecule has 2 aromatic rings. The first-order valence-corrected chi connectivity index (χ1v) is 10.4. The van der Waals surface area contributed by atoms with Gasteiger partial charge in [-0.25, -0.2) is 0 Å². The molecule has 2 atom stereocenters. The lowest BCUT2D eigenvalue weighted by atomic mass is 10.0. The van der Waals surface area contributed by atoms with E-state index in [9.17, 15) is 9.90 Å². The lowest BCUT2D eigenvalue weighted by Gasteiger charge is -2.27. The fourth-order valence-corrected chi connectivity index (χ4v) is 4.95. The molecule has 2 aliphatic rings. The predicted molar refractivity (Wildman–Crippen MR) is 120 cm³/mol. The van der Waals surface area contributed by atoms with E-state index in [1.54, 1.807) is 16.2 Å². The molecule has 0 spiro atoms. The fraction of sp³-hybridized carbons (Fsp3) is 0.500. The number of thiophene rings is 1. The molecule has 0 bridgehead atoms. The average Bonchev–Trinajstić information content (AvgIpc) is 3.25. The van der Waals surface area contributed by atoms with Crippen LogP contribution in [0.15, 0.2) is 23.7 Å². The van der Waals surface area contributed by atoms with Crippen molar-refractivity contribution in [2.45, 2.75) is 45.0 Å². The third-order valence-electron chi connectivity index (χ3n) is 5.56. The van der Waals surface area contributed by atoms with E-state index in [2.05, 4.69) is 28.9 Å². The average molecular weight is 459 g/mol. The number of nitrogens with two attached hydrogens (primary N) is 1. The van der Waals surface area contributed by atoms with Crippen molar-refractivity contribution in [3.63, 3.8) is 0 Å². The van der Waals surface area contributed by atoms with Gasteiger partial charge in [0.05, 0.1) is 17.4 Å². The van der Waals surface area contributed by atoms with Gasteiger partial charge in [0.25, 0.3) is 5.91 Å². The summed E-state index contributed by atoms with van der Waals surface area (Å²) in [7, 11) is 0. The fourth-order valence-electron chi connectivity index (χ4n) is 3.83. The molecule has 1 amide bonds. The molecule has 0 aromatic carbocycles. The van der Waals surface area contributed by atoms with Crippen LogP contribution in [0.25, 0.3) is 0 Å². The summed E-state index contributed by atoms with van der Waals surface area (Å²) >= 11 is 1.66. The quantitative estimate of drug-likeness (QED) is 0.733. The predicted octanol–water partition coefficient (Wildman–Crippen LogP) is 2.25. The van der Waals surface area contributed by atoms with Crippen LogP contribution in [-0.4, -0.2) is 57.6 Å². The molecule has 4 rings (SSSR count). The van der Waals surface area contributed by atoms with Crippen molar-refractivity contribution >= 4 is 42.1 Å². The first kappa shape index (κ1) is 24.1. The maximum absolute atomic E-state index is 12.8. The summed E-state index contributed by atoms with van der Waals surface area (Å²) in [5, 5.41) is 11.8. The number of pyridine rings is 1. The zero-order valence-electron chi connectivity index (χ0n) is 16.4. The number of fused-ring (bicyclic) bond motifs is 1. The number of aromatic nitrogens is 1. The number of aliphatic hydroxyl groups excluding tert-OH is 1. The van der Waals surface area contributed by atoms with Crippen molar-refractivity contribution in [2.24, 2.45) is 5.73 Å². The third-order valence-corrected chi connectivity index (χ3v) is 6.57. The molecule has 2 aliphatic heterocycles. The molecule has 29 heavy (non-hydrogen) atoms. The van der Waals surface area contributed by atoms with Crippen LogP contribution in [0.2, 0.25) is 0 Å². The lowest BCUT2D eigenvalue weighted by Crippen LogP contribution is -2.34. The molecular weight excluding hydrogens is 431 g/mol. The van der Waals surface area contributed by atoms with Crippen molar-refractivity contribution < 1.29 is 9.90 Å². The van der Waals surface area contributed by atoms with E-state index in [4.69, 9.17) is 5.73 Å². The van der Waals surface area contributed by atoms with E-state index >= 15 is 0 Å². The van der Waals surface area contributed by atoms with Crippen LogP contribution in [0, 0.1) is 0 Å². The second-order valence-corrected chi connectivity index (χ2v) is 8.43. The second kappa shape index (κ2) is 10.2. The Morgan fingerprint density at radius 1 is 1.34 bits per heavy atom. The van der Waals surface area contributed by atoms with Crippen molar-refractivity contribution in [3.8, 4) is 0 Å². The Morgan fingerprint density at radius 3 is 2.76 bits per heavy atom. The molecule has 0 aliphatic carbocycles. The van der Waals surface area contributed by atoms with Crippen LogP contribution >= 0.6 is 36.2 Å². The molecule has 1 fully saturated rings. The smallest absolute Gasteiger partial charge is 0.255 e. The van der Waals surface area contributed by atoms with Gasteiger partial charge in [-0.05, 0) is 30.0 Å². The van der Waals surface area contributed by atoms with Gasteiger partial charge in [-0.2, -0.15) is 0 Å². The van der Waals surface area contributed by atoms with Gasteiger partial charge in [0.1, 0.15) is 0 Å². The Balaban J connectivity index is 0.00000150. The van der Waals surface area contributed by atoms with Crippen molar-refractivity contribution in [2.75, 3.05) is 19.6 Å². The first-order chi connectivity index (χ1) is 13.0. The summed E-state index contributed by atoms with van der Waals surface area (Å²) in [4.78, 5) is 22.7. The minimum atomic E-state index is -0.620. The number of amides is 1. The first-order valence-electron chi connectivity index (χ1n) is 9.53. The van der Waals surface area contributed by atoms with E-state index in [0.29, 0.717) is 13.1 Å². The summed E-state index contributed by atoms with van der Waals surface area (Å²) in [5.41, 5.74) is 10.2. The summed E-state index contributed by atoms with van der Waals surface area (Å²) in [6.45, 7) is 5.50. The molecule has 1 saturated heterocycles. The summed E-state index contributed by atoms with van der Waals surface area (Å²) in [5.74, 6) is 0.00442. The molecule has 160 valence electrons. The molecule has 0 radical (unpaired) electrons. The van der Waals surface area contributed by atoms with Gasteiger partial charge < -0.3 is 15.7 Å². The van der Waals surface area contributed by atoms with Gasteiger partial charge in [-0.15, -0.1) is 36.2 Å². The highest BCUT2D eigenvalue weighted by atomic mass is 35.5. The maximum atomic E-state index is 12.8. The van der Waals surface area contributed by atoms with Crippen LogP contribution in [0.4, 0.5) is 0 Å². The van der Waals surface area contributed by atoms with Gasteiger partial charge >= 0.3 is 0 Å². The zero-order valence-corrected chi connectivity index (χ0v) is 18.9. The molecule has 2 aromatic heterocycles. The lowest BCUT2D eigenvalue weighted by molar-refractivity contribution is 0.0763. The highest BCUT2D eigenvalue weighted by Crippen LogP contribution is 2.30. The monoisotopic (exact) mass is 458 g/mol. The largest absolute Gasteiger partial charge is 0.390 e. The van der Waals surface area contributed by atoms with Crippen LogP contribution < -0.4 is 5.73 Å². The second-order valence-electron chi connectivity index (χ2n) is 7.46. The van der Waals surface area contributed by atoms with Gasteiger partial charge in [-0.1, -0.05) is 13.0 Å². The minimum absolute atomic E-state index is 0. The molecule has 0 unspecified atom stereocenters. The number of β-amino-alcohol motifs (C(OH)–C–C–N with tert-alkyl or cyclic N) is 1. The standard InChI is InChI=1S/C20H26N4O2S.2ClH/c1-2-13-3-4-14(22-7-13)8-23-6-5-15-16(12-27-19(15)11-23)20(26)24-9-17(21)18(25)10-24;;/h3-4,7,12,17-18,25H,2,5-6,8-11,21H2,1H3;2*1H/t17-,18-;;/m1../s1. The Hall–Kier alpha value is -1.22. The highest BCUT2D eigenvalue weighted by molar-refractivity contribution is 7.10. The van der Waals surface area contributed by atoms with Crippen molar-refractivity contribution in [1.82, 2.24) is 14.8 Å². The van der Waals surface area contributed by atoms with E-state index in [-0.39, 0.29) is 36.8 Å². The molecule has 9 heteroatoms. The number of hydrogen-bond acceptors (Lipinski definition) is 6. The Bertz CT molecular complexity index is 820. The number of hydrogen-bond donors (Lipinski definition) is 2. The van der Waals surface area contributed by atoms with Crippen molar-refractivity contribution in [3.05, 3.63) is 51.0 Å². The molecule has 6 nitrogen and oxygen atoms in total. The number of rotatable bonds is 4. The Morgan fingerprint density at radius 2 is 2.14 bits per heavy atom. The Labute approximate surface area is 187 Å². The van der Waals surface area contributed by atoms with E-state index < -0.39 is 6.10 Å². The van der Waals surface area contributed by atoms with Crippen LogP contribution in [0.1, 0.15) is 39.0 Å². The normalized spacial score (nSPS) is 21.3. The highest BCUT2D eigenvalue weighted by Gasteiger charge is 2.34. The number of aliphatic hydroxyl groups is 1. The van der Waals surface area contributed by atoms with Crippen LogP contribution in [-0.2, 0) is 25.9 Å².